The molecule has 1 N–H and O–H groups in total. The van der Waals surface area contributed by atoms with Crippen LogP contribution in [0.4, 0.5) is 0 Å². The predicted molar refractivity (Wildman–Crippen MR) is 67.0 cm³/mol. The first-order chi connectivity index (χ1) is 8.38. The van der Waals surface area contributed by atoms with Gasteiger partial charge in [-0.1, -0.05) is 13.3 Å². The highest BCUT2D eigenvalue weighted by molar-refractivity contribution is 5.26. The third kappa shape index (κ3) is 1.55. The summed E-state index contributed by atoms with van der Waals surface area (Å²) in [4.78, 5) is 4.94. The monoisotopic (exact) mass is 231 g/mol. The molecule has 0 amide bonds. The van der Waals surface area contributed by atoms with Crippen molar-refractivity contribution in [2.24, 2.45) is 5.92 Å². The Morgan fingerprint density at radius 3 is 3.00 bits per heavy atom. The number of hydrogen-bond acceptors (Lipinski definition) is 2. The number of imidazole rings is 1. The number of nitrogens with zero attached hydrogens (tertiary/aromatic N) is 2. The first kappa shape index (κ1) is 10.1. The van der Waals surface area contributed by atoms with Crippen LogP contribution in [0.15, 0.2) is 0 Å². The number of hydrogen-bond donors (Lipinski definition) is 1. The molecule has 1 aromatic heterocycles. The summed E-state index contributed by atoms with van der Waals surface area (Å²) in [5.41, 5.74) is 2.91. The fraction of sp³-hybridized carbons (Fsp3) is 0.786. The standard InChI is InChI=1S/C14H21N3/c1-2-9-7-13(9)17-12-5-6-15-8-11(12)16-14(17)10-3-4-10/h9-10,13,15H,2-8H2,1H3. The Balaban J connectivity index is 1.76. The van der Waals surface area contributed by atoms with Gasteiger partial charge in [0.1, 0.15) is 5.82 Å². The summed E-state index contributed by atoms with van der Waals surface area (Å²) in [6.45, 7) is 4.45. The molecule has 0 aromatic carbocycles. The summed E-state index contributed by atoms with van der Waals surface area (Å²) in [6, 6.07) is 0.796. The third-order valence-electron chi connectivity index (χ3n) is 4.64. The Labute approximate surface area is 103 Å². The average molecular weight is 231 g/mol. The Morgan fingerprint density at radius 2 is 2.29 bits per heavy atom. The molecule has 3 nitrogen and oxygen atoms in total. The molecule has 4 rings (SSSR count). The molecule has 0 spiro atoms. The predicted octanol–water partition coefficient (Wildman–Crippen LogP) is 2.38. The van der Waals surface area contributed by atoms with Crippen molar-refractivity contribution in [3.8, 4) is 0 Å². The number of nitrogens with one attached hydrogen (secondary N) is 1. The molecule has 3 aliphatic rings. The fourth-order valence-corrected chi connectivity index (χ4v) is 3.34. The first-order valence-corrected chi connectivity index (χ1v) is 7.19. The van der Waals surface area contributed by atoms with Crippen molar-refractivity contribution in [2.75, 3.05) is 6.54 Å². The summed E-state index contributed by atoms with van der Waals surface area (Å²) >= 11 is 0. The minimum atomic E-state index is 0.790. The van der Waals surface area contributed by atoms with Crippen LogP contribution in [0.5, 0.6) is 0 Å². The highest BCUT2D eigenvalue weighted by Crippen LogP contribution is 2.51. The van der Waals surface area contributed by atoms with Gasteiger partial charge in [-0.2, -0.15) is 0 Å². The van der Waals surface area contributed by atoms with Crippen molar-refractivity contribution in [3.63, 3.8) is 0 Å². The maximum atomic E-state index is 4.94. The van der Waals surface area contributed by atoms with E-state index in [0.717, 1.165) is 31.0 Å². The van der Waals surface area contributed by atoms with Gasteiger partial charge in [-0.15, -0.1) is 0 Å². The molecule has 2 heterocycles. The summed E-state index contributed by atoms with van der Waals surface area (Å²) in [6.07, 6.45) is 6.65. The van der Waals surface area contributed by atoms with E-state index in [2.05, 4.69) is 16.8 Å². The Morgan fingerprint density at radius 1 is 1.41 bits per heavy atom. The van der Waals surface area contributed by atoms with Gasteiger partial charge in [0.15, 0.2) is 0 Å². The van der Waals surface area contributed by atoms with Crippen molar-refractivity contribution in [2.45, 2.75) is 57.5 Å². The van der Waals surface area contributed by atoms with Crippen LogP contribution < -0.4 is 5.32 Å². The zero-order chi connectivity index (χ0) is 11.4. The summed E-state index contributed by atoms with van der Waals surface area (Å²) in [5.74, 6) is 3.15. The van der Waals surface area contributed by atoms with E-state index in [1.54, 1.807) is 5.69 Å². The minimum absolute atomic E-state index is 0.790. The van der Waals surface area contributed by atoms with Crippen molar-refractivity contribution in [1.29, 1.82) is 0 Å². The maximum Gasteiger partial charge on any atom is 0.112 e. The van der Waals surface area contributed by atoms with Gasteiger partial charge < -0.3 is 9.88 Å². The van der Waals surface area contributed by atoms with Gasteiger partial charge in [0.2, 0.25) is 0 Å². The molecule has 0 saturated heterocycles. The van der Waals surface area contributed by atoms with Gasteiger partial charge in [0, 0.05) is 37.2 Å². The molecular formula is C14H21N3. The zero-order valence-electron chi connectivity index (χ0n) is 10.6. The highest BCUT2D eigenvalue weighted by atomic mass is 15.2. The minimum Gasteiger partial charge on any atom is -0.328 e. The summed E-state index contributed by atoms with van der Waals surface area (Å²) < 4.78 is 2.65. The van der Waals surface area contributed by atoms with E-state index in [0.29, 0.717) is 0 Å². The normalized spacial score (nSPS) is 31.4. The van der Waals surface area contributed by atoms with Crippen LogP contribution in [0.1, 0.15) is 61.8 Å². The molecule has 0 bridgehead atoms. The second kappa shape index (κ2) is 3.58. The molecule has 17 heavy (non-hydrogen) atoms. The van der Waals surface area contributed by atoms with E-state index in [9.17, 15) is 0 Å². The van der Waals surface area contributed by atoms with Gasteiger partial charge in [-0.3, -0.25) is 0 Å². The molecule has 2 saturated carbocycles. The second-order valence-corrected chi connectivity index (χ2v) is 5.91. The third-order valence-corrected chi connectivity index (χ3v) is 4.64. The van der Waals surface area contributed by atoms with E-state index in [1.165, 1.54) is 43.6 Å². The highest BCUT2D eigenvalue weighted by Gasteiger charge is 2.43. The van der Waals surface area contributed by atoms with E-state index in [-0.39, 0.29) is 0 Å². The summed E-state index contributed by atoms with van der Waals surface area (Å²) in [7, 11) is 0. The topological polar surface area (TPSA) is 29.9 Å². The quantitative estimate of drug-likeness (QED) is 0.865. The van der Waals surface area contributed by atoms with E-state index < -0.39 is 0 Å². The lowest BCUT2D eigenvalue weighted by Gasteiger charge is -2.16. The second-order valence-electron chi connectivity index (χ2n) is 5.91. The molecule has 1 aromatic rings. The lowest BCUT2D eigenvalue weighted by Crippen LogP contribution is -2.25. The maximum absolute atomic E-state index is 4.94. The van der Waals surface area contributed by atoms with E-state index in [4.69, 9.17) is 4.98 Å². The van der Waals surface area contributed by atoms with Gasteiger partial charge in [0.25, 0.3) is 0 Å². The lowest BCUT2D eigenvalue weighted by atomic mass is 10.2. The Hall–Kier alpha value is -0.830. The van der Waals surface area contributed by atoms with Gasteiger partial charge in [0.05, 0.1) is 5.69 Å². The Bertz CT molecular complexity index is 445. The van der Waals surface area contributed by atoms with Crippen LogP contribution in [0, 0.1) is 5.92 Å². The van der Waals surface area contributed by atoms with Crippen molar-refractivity contribution < 1.29 is 0 Å². The fourth-order valence-electron chi connectivity index (χ4n) is 3.34. The molecule has 2 fully saturated rings. The van der Waals surface area contributed by atoms with E-state index >= 15 is 0 Å². The van der Waals surface area contributed by atoms with Gasteiger partial charge >= 0.3 is 0 Å². The van der Waals surface area contributed by atoms with Gasteiger partial charge in [-0.05, 0) is 25.2 Å². The number of fused-ring (bicyclic) bond motifs is 1. The van der Waals surface area contributed by atoms with Crippen LogP contribution in [0.2, 0.25) is 0 Å². The smallest absolute Gasteiger partial charge is 0.112 e. The van der Waals surface area contributed by atoms with Crippen molar-refractivity contribution >= 4 is 0 Å². The van der Waals surface area contributed by atoms with Crippen LogP contribution in [0.25, 0.3) is 0 Å². The van der Waals surface area contributed by atoms with Crippen molar-refractivity contribution in [1.82, 2.24) is 14.9 Å². The Kier molecular flexibility index (Phi) is 2.13. The number of rotatable bonds is 3. The number of aromatic nitrogens is 2. The van der Waals surface area contributed by atoms with Crippen LogP contribution in [-0.4, -0.2) is 16.1 Å². The lowest BCUT2D eigenvalue weighted by molar-refractivity contribution is 0.559. The van der Waals surface area contributed by atoms with Crippen LogP contribution >= 0.6 is 0 Å². The first-order valence-electron chi connectivity index (χ1n) is 7.19. The van der Waals surface area contributed by atoms with Crippen LogP contribution in [0.3, 0.4) is 0 Å². The molecule has 3 heteroatoms. The molecule has 0 radical (unpaired) electrons. The van der Waals surface area contributed by atoms with Crippen LogP contribution in [-0.2, 0) is 13.0 Å². The molecule has 1 aliphatic heterocycles. The van der Waals surface area contributed by atoms with Crippen molar-refractivity contribution in [3.05, 3.63) is 17.2 Å². The molecule has 2 atom stereocenters. The summed E-state index contributed by atoms with van der Waals surface area (Å²) in [5, 5.41) is 3.45. The molecule has 2 aliphatic carbocycles. The van der Waals surface area contributed by atoms with E-state index in [1.807, 2.05) is 0 Å². The molecule has 92 valence electrons. The molecular weight excluding hydrogens is 210 g/mol. The zero-order valence-corrected chi connectivity index (χ0v) is 10.6. The SMILES string of the molecule is CCC1CC1n1c(C2CC2)nc2c1CCNC2. The largest absolute Gasteiger partial charge is 0.328 e. The average Bonchev–Trinajstić information content (AvgIpc) is 3.26. The van der Waals surface area contributed by atoms with Gasteiger partial charge in [-0.25, -0.2) is 4.98 Å². The molecule has 2 unspecified atom stereocenters.